The highest BCUT2D eigenvalue weighted by Crippen LogP contribution is 2.29. The molecule has 3 unspecified atom stereocenters. The van der Waals surface area contributed by atoms with Crippen molar-refractivity contribution < 1.29 is 4.39 Å². The second kappa shape index (κ2) is 6.03. The minimum atomic E-state index is -0.221. The second-order valence-electron chi connectivity index (χ2n) is 5.58. The maximum absolute atomic E-state index is 13.1. The second-order valence-corrected chi connectivity index (χ2v) is 5.99. The van der Waals surface area contributed by atoms with Crippen LogP contribution in [0.1, 0.15) is 38.7 Å². The standard InChI is InChI=1S/C15H21ClFN/c1-10-3-5-14(7-11(10)2)18-9-12-8-13(17)4-6-15(12)16/h4,6,8,10-11,14,18H,3,5,7,9H2,1-2H3. The minimum Gasteiger partial charge on any atom is -0.310 e. The largest absolute Gasteiger partial charge is 0.310 e. The summed E-state index contributed by atoms with van der Waals surface area (Å²) in [5.74, 6) is 1.36. The minimum absolute atomic E-state index is 0.221. The molecule has 100 valence electrons. The fourth-order valence-electron chi connectivity index (χ4n) is 2.67. The molecule has 0 spiro atoms. The summed E-state index contributed by atoms with van der Waals surface area (Å²) in [6, 6.07) is 5.08. The van der Waals surface area contributed by atoms with Gasteiger partial charge in [0.2, 0.25) is 0 Å². The van der Waals surface area contributed by atoms with Gasteiger partial charge in [-0.15, -0.1) is 0 Å². The van der Waals surface area contributed by atoms with Crippen molar-refractivity contribution in [3.8, 4) is 0 Å². The van der Waals surface area contributed by atoms with E-state index >= 15 is 0 Å². The summed E-state index contributed by atoms with van der Waals surface area (Å²) < 4.78 is 13.1. The summed E-state index contributed by atoms with van der Waals surface area (Å²) in [6.45, 7) is 5.29. The van der Waals surface area contributed by atoms with Gasteiger partial charge in [0.1, 0.15) is 5.82 Å². The van der Waals surface area contributed by atoms with E-state index in [1.807, 2.05) is 0 Å². The number of hydrogen-bond acceptors (Lipinski definition) is 1. The van der Waals surface area contributed by atoms with Crippen LogP contribution in [0.3, 0.4) is 0 Å². The lowest BCUT2D eigenvalue weighted by atomic mass is 9.79. The lowest BCUT2D eigenvalue weighted by molar-refractivity contribution is 0.225. The van der Waals surface area contributed by atoms with Gasteiger partial charge in [0.25, 0.3) is 0 Å². The van der Waals surface area contributed by atoms with Crippen LogP contribution in [0.25, 0.3) is 0 Å². The molecule has 1 aromatic carbocycles. The van der Waals surface area contributed by atoms with Crippen molar-refractivity contribution >= 4 is 11.6 Å². The molecule has 1 aliphatic carbocycles. The zero-order valence-electron chi connectivity index (χ0n) is 11.0. The Morgan fingerprint density at radius 3 is 2.78 bits per heavy atom. The van der Waals surface area contributed by atoms with E-state index in [1.54, 1.807) is 6.07 Å². The predicted octanol–water partition coefficient (Wildman–Crippen LogP) is 4.39. The van der Waals surface area contributed by atoms with E-state index in [4.69, 9.17) is 11.6 Å². The van der Waals surface area contributed by atoms with Crippen LogP contribution < -0.4 is 5.32 Å². The third-order valence-corrected chi connectivity index (χ3v) is 4.56. The Bertz CT molecular complexity index is 407. The first kappa shape index (κ1) is 13.8. The van der Waals surface area contributed by atoms with Gasteiger partial charge in [-0.2, -0.15) is 0 Å². The van der Waals surface area contributed by atoms with Crippen LogP contribution in [-0.4, -0.2) is 6.04 Å². The third-order valence-electron chi connectivity index (χ3n) is 4.19. The number of hydrogen-bond donors (Lipinski definition) is 1. The number of nitrogens with one attached hydrogen (secondary N) is 1. The van der Waals surface area contributed by atoms with E-state index in [1.165, 1.54) is 31.4 Å². The third kappa shape index (κ3) is 3.46. The van der Waals surface area contributed by atoms with Gasteiger partial charge < -0.3 is 5.32 Å². The Morgan fingerprint density at radius 1 is 1.28 bits per heavy atom. The molecular weight excluding hydrogens is 249 g/mol. The van der Waals surface area contributed by atoms with Crippen molar-refractivity contribution in [2.75, 3.05) is 0 Å². The molecule has 18 heavy (non-hydrogen) atoms. The quantitative estimate of drug-likeness (QED) is 0.858. The van der Waals surface area contributed by atoms with Gasteiger partial charge in [-0.05, 0) is 54.9 Å². The molecule has 0 saturated heterocycles. The lowest BCUT2D eigenvalue weighted by Gasteiger charge is -2.32. The lowest BCUT2D eigenvalue weighted by Crippen LogP contribution is -2.35. The first-order valence-corrected chi connectivity index (χ1v) is 7.11. The van der Waals surface area contributed by atoms with Crippen molar-refractivity contribution in [3.63, 3.8) is 0 Å². The molecule has 0 aromatic heterocycles. The topological polar surface area (TPSA) is 12.0 Å². The fourth-order valence-corrected chi connectivity index (χ4v) is 2.85. The average Bonchev–Trinajstić information content (AvgIpc) is 2.34. The summed E-state index contributed by atoms with van der Waals surface area (Å²) in [4.78, 5) is 0. The van der Waals surface area contributed by atoms with Crippen molar-refractivity contribution in [3.05, 3.63) is 34.6 Å². The molecule has 3 atom stereocenters. The highest BCUT2D eigenvalue weighted by Gasteiger charge is 2.24. The van der Waals surface area contributed by atoms with Crippen molar-refractivity contribution in [2.45, 2.75) is 45.7 Å². The molecule has 0 amide bonds. The van der Waals surface area contributed by atoms with E-state index in [9.17, 15) is 4.39 Å². The Balaban J connectivity index is 1.90. The van der Waals surface area contributed by atoms with Crippen LogP contribution in [-0.2, 0) is 6.54 Å². The molecule has 1 aliphatic rings. The van der Waals surface area contributed by atoms with Crippen LogP contribution in [0.2, 0.25) is 5.02 Å². The van der Waals surface area contributed by atoms with Gasteiger partial charge in [-0.3, -0.25) is 0 Å². The molecule has 1 fully saturated rings. The summed E-state index contributed by atoms with van der Waals surface area (Å²) in [6.07, 6.45) is 3.68. The first-order valence-electron chi connectivity index (χ1n) is 6.73. The summed E-state index contributed by atoms with van der Waals surface area (Å²) in [5.41, 5.74) is 0.850. The Morgan fingerprint density at radius 2 is 2.06 bits per heavy atom. The van der Waals surface area contributed by atoms with E-state index < -0.39 is 0 Å². The van der Waals surface area contributed by atoms with Crippen LogP contribution in [0.5, 0.6) is 0 Å². The molecule has 0 radical (unpaired) electrons. The van der Waals surface area contributed by atoms with Gasteiger partial charge in [-0.1, -0.05) is 25.4 Å². The van der Waals surface area contributed by atoms with Gasteiger partial charge in [0, 0.05) is 17.6 Å². The van der Waals surface area contributed by atoms with Gasteiger partial charge in [-0.25, -0.2) is 4.39 Å². The average molecular weight is 270 g/mol. The number of rotatable bonds is 3. The van der Waals surface area contributed by atoms with E-state index in [2.05, 4.69) is 19.2 Å². The molecule has 0 bridgehead atoms. The molecule has 1 N–H and O–H groups in total. The smallest absolute Gasteiger partial charge is 0.123 e. The molecule has 1 saturated carbocycles. The van der Waals surface area contributed by atoms with Crippen LogP contribution in [0, 0.1) is 17.7 Å². The van der Waals surface area contributed by atoms with E-state index in [-0.39, 0.29) is 5.82 Å². The molecular formula is C15H21ClFN. The Kier molecular flexibility index (Phi) is 4.63. The van der Waals surface area contributed by atoms with Crippen LogP contribution >= 0.6 is 11.6 Å². The Hall–Kier alpha value is -0.600. The summed E-state index contributed by atoms with van der Waals surface area (Å²) >= 11 is 6.06. The number of benzene rings is 1. The maximum atomic E-state index is 13.1. The van der Waals surface area contributed by atoms with Crippen molar-refractivity contribution in [1.29, 1.82) is 0 Å². The summed E-state index contributed by atoms with van der Waals surface area (Å²) in [7, 11) is 0. The normalized spacial score (nSPS) is 28.3. The van der Waals surface area contributed by atoms with Crippen molar-refractivity contribution in [2.24, 2.45) is 11.8 Å². The molecule has 1 nitrogen and oxygen atoms in total. The van der Waals surface area contributed by atoms with E-state index in [0.717, 1.165) is 17.4 Å². The monoisotopic (exact) mass is 269 g/mol. The van der Waals surface area contributed by atoms with Crippen molar-refractivity contribution in [1.82, 2.24) is 5.32 Å². The highest BCUT2D eigenvalue weighted by molar-refractivity contribution is 6.31. The van der Waals surface area contributed by atoms with Gasteiger partial charge >= 0.3 is 0 Å². The zero-order chi connectivity index (χ0) is 13.1. The van der Waals surface area contributed by atoms with Gasteiger partial charge in [0.15, 0.2) is 0 Å². The first-order chi connectivity index (χ1) is 8.56. The molecule has 3 heteroatoms. The fraction of sp³-hybridized carbons (Fsp3) is 0.600. The molecule has 0 heterocycles. The Labute approximate surface area is 114 Å². The summed E-state index contributed by atoms with van der Waals surface area (Å²) in [5, 5.41) is 4.15. The molecule has 1 aromatic rings. The van der Waals surface area contributed by atoms with Gasteiger partial charge in [0.05, 0.1) is 0 Å². The SMILES string of the molecule is CC1CCC(NCc2cc(F)ccc2Cl)CC1C. The molecule has 2 rings (SSSR count). The van der Waals surface area contributed by atoms with Crippen LogP contribution in [0.4, 0.5) is 4.39 Å². The zero-order valence-corrected chi connectivity index (χ0v) is 11.8. The van der Waals surface area contributed by atoms with E-state index in [0.29, 0.717) is 17.6 Å². The number of halogens is 2. The van der Waals surface area contributed by atoms with Crippen LogP contribution in [0.15, 0.2) is 18.2 Å². The highest BCUT2D eigenvalue weighted by atomic mass is 35.5. The maximum Gasteiger partial charge on any atom is 0.123 e. The predicted molar refractivity (Wildman–Crippen MR) is 74.2 cm³/mol. The molecule has 0 aliphatic heterocycles.